The Morgan fingerprint density at radius 2 is 2.33 bits per heavy atom. The summed E-state index contributed by atoms with van der Waals surface area (Å²) in [5.41, 5.74) is 0.334. The van der Waals surface area contributed by atoms with E-state index in [9.17, 15) is 9.59 Å². The number of pyridine rings is 1. The van der Waals surface area contributed by atoms with Gasteiger partial charge in [-0.1, -0.05) is 0 Å². The fourth-order valence-corrected chi connectivity index (χ4v) is 2.96. The lowest BCUT2D eigenvalue weighted by Crippen LogP contribution is -2.30. The molecular formula is C12H14N2O3S. The molecule has 0 spiro atoms. The van der Waals surface area contributed by atoms with Gasteiger partial charge in [0.15, 0.2) is 0 Å². The molecule has 0 saturated carbocycles. The Morgan fingerprint density at radius 3 is 2.89 bits per heavy atom. The predicted molar refractivity (Wildman–Crippen MR) is 69.0 cm³/mol. The highest BCUT2D eigenvalue weighted by Gasteiger charge is 2.17. The number of nitrogens with one attached hydrogen (secondary N) is 1. The Labute approximate surface area is 109 Å². The van der Waals surface area contributed by atoms with Crippen LogP contribution in [-0.4, -0.2) is 39.5 Å². The number of rotatable bonds is 4. The molecule has 1 aliphatic rings. The Balaban J connectivity index is 1.89. The maximum absolute atomic E-state index is 11.8. The summed E-state index contributed by atoms with van der Waals surface area (Å²) in [6.07, 6.45) is 3.54. The second-order valence-corrected chi connectivity index (χ2v) is 5.49. The van der Waals surface area contributed by atoms with Crippen molar-refractivity contribution < 1.29 is 14.7 Å². The summed E-state index contributed by atoms with van der Waals surface area (Å²) in [5, 5.41) is 12.0. The highest BCUT2D eigenvalue weighted by Crippen LogP contribution is 2.25. The first-order chi connectivity index (χ1) is 8.66. The van der Waals surface area contributed by atoms with E-state index in [4.69, 9.17) is 5.11 Å². The average Bonchev–Trinajstić information content (AvgIpc) is 2.89. The number of amides is 1. The van der Waals surface area contributed by atoms with Crippen LogP contribution in [0.3, 0.4) is 0 Å². The molecule has 2 N–H and O–H groups in total. The van der Waals surface area contributed by atoms with E-state index in [1.807, 2.05) is 11.8 Å². The summed E-state index contributed by atoms with van der Waals surface area (Å²) in [6, 6.07) is 2.81. The van der Waals surface area contributed by atoms with Gasteiger partial charge in [-0.3, -0.25) is 9.78 Å². The molecule has 1 unspecified atom stereocenters. The molecule has 1 aliphatic heterocycles. The van der Waals surface area contributed by atoms with E-state index < -0.39 is 5.97 Å². The van der Waals surface area contributed by atoms with E-state index >= 15 is 0 Å². The van der Waals surface area contributed by atoms with Crippen molar-refractivity contribution in [3.8, 4) is 0 Å². The molecule has 1 atom stereocenters. The summed E-state index contributed by atoms with van der Waals surface area (Å²) >= 11 is 1.87. The zero-order chi connectivity index (χ0) is 13.0. The Bertz CT molecular complexity index is 441. The highest BCUT2D eigenvalue weighted by molar-refractivity contribution is 8.00. The predicted octanol–water partition coefficient (Wildman–Crippen LogP) is 1.41. The summed E-state index contributed by atoms with van der Waals surface area (Å²) < 4.78 is 0. The van der Waals surface area contributed by atoms with Gasteiger partial charge in [0.05, 0.1) is 5.56 Å². The smallest absolute Gasteiger partial charge is 0.337 e. The molecular weight excluding hydrogens is 252 g/mol. The first-order valence-electron chi connectivity index (χ1n) is 5.76. The lowest BCUT2D eigenvalue weighted by Gasteiger charge is -2.09. The van der Waals surface area contributed by atoms with Crippen LogP contribution in [0, 0.1) is 0 Å². The Morgan fingerprint density at radius 1 is 1.50 bits per heavy atom. The maximum atomic E-state index is 11.8. The van der Waals surface area contributed by atoms with Gasteiger partial charge in [-0.05, 0) is 30.7 Å². The second kappa shape index (κ2) is 5.86. The van der Waals surface area contributed by atoms with Gasteiger partial charge < -0.3 is 10.4 Å². The van der Waals surface area contributed by atoms with E-state index in [2.05, 4.69) is 10.3 Å². The number of hydrogen-bond acceptors (Lipinski definition) is 4. The molecule has 0 bridgehead atoms. The lowest BCUT2D eigenvalue weighted by molar-refractivity contribution is 0.0695. The fraction of sp³-hybridized carbons (Fsp3) is 0.417. The molecule has 2 rings (SSSR count). The summed E-state index contributed by atoms with van der Waals surface area (Å²) in [7, 11) is 0. The van der Waals surface area contributed by atoms with Crippen molar-refractivity contribution in [2.24, 2.45) is 0 Å². The highest BCUT2D eigenvalue weighted by atomic mass is 32.2. The third-order valence-corrected chi connectivity index (χ3v) is 4.16. The second-order valence-electron chi connectivity index (χ2n) is 4.08. The monoisotopic (exact) mass is 266 g/mol. The molecule has 2 heterocycles. The average molecular weight is 266 g/mol. The van der Waals surface area contributed by atoms with Gasteiger partial charge in [0, 0.05) is 18.0 Å². The lowest BCUT2D eigenvalue weighted by atomic mass is 10.2. The molecule has 0 aliphatic carbocycles. The molecule has 1 amide bonds. The van der Waals surface area contributed by atoms with E-state index in [1.165, 1.54) is 24.8 Å². The van der Waals surface area contributed by atoms with Crippen molar-refractivity contribution in [2.45, 2.75) is 18.1 Å². The van der Waals surface area contributed by atoms with Gasteiger partial charge in [0.1, 0.15) is 5.69 Å². The van der Waals surface area contributed by atoms with Crippen LogP contribution >= 0.6 is 11.8 Å². The van der Waals surface area contributed by atoms with Crippen molar-refractivity contribution in [3.63, 3.8) is 0 Å². The van der Waals surface area contributed by atoms with Crippen molar-refractivity contribution in [1.82, 2.24) is 10.3 Å². The normalized spacial score (nSPS) is 18.6. The largest absolute Gasteiger partial charge is 0.478 e. The molecule has 5 nitrogen and oxygen atoms in total. The van der Waals surface area contributed by atoms with Gasteiger partial charge >= 0.3 is 5.97 Å². The molecule has 1 aromatic heterocycles. The number of thioether (sulfide) groups is 1. The SMILES string of the molecule is O=C(O)c1ccc(C(=O)NCC2CCCS2)nc1. The van der Waals surface area contributed by atoms with Crippen LogP contribution in [-0.2, 0) is 0 Å². The van der Waals surface area contributed by atoms with Crippen molar-refractivity contribution in [2.75, 3.05) is 12.3 Å². The number of carbonyl (C=O) groups is 2. The minimum atomic E-state index is -1.04. The quantitative estimate of drug-likeness (QED) is 0.861. The van der Waals surface area contributed by atoms with Gasteiger partial charge in [0.2, 0.25) is 0 Å². The molecule has 0 radical (unpaired) electrons. The van der Waals surface area contributed by atoms with Gasteiger partial charge in [-0.2, -0.15) is 11.8 Å². The van der Waals surface area contributed by atoms with E-state index in [0.29, 0.717) is 11.8 Å². The van der Waals surface area contributed by atoms with Crippen LogP contribution in [0.2, 0.25) is 0 Å². The number of hydrogen-bond donors (Lipinski definition) is 2. The van der Waals surface area contributed by atoms with Crippen LogP contribution < -0.4 is 5.32 Å². The zero-order valence-corrected chi connectivity index (χ0v) is 10.6. The number of aromatic nitrogens is 1. The van der Waals surface area contributed by atoms with Crippen LogP contribution in [0.1, 0.15) is 33.7 Å². The molecule has 1 saturated heterocycles. The molecule has 96 valence electrons. The number of nitrogens with zero attached hydrogens (tertiary/aromatic N) is 1. The van der Waals surface area contributed by atoms with Gasteiger partial charge in [-0.25, -0.2) is 4.79 Å². The third kappa shape index (κ3) is 3.22. The molecule has 1 fully saturated rings. The minimum Gasteiger partial charge on any atom is -0.478 e. The van der Waals surface area contributed by atoms with E-state index in [0.717, 1.165) is 12.2 Å². The van der Waals surface area contributed by atoms with Gasteiger partial charge in [-0.15, -0.1) is 0 Å². The van der Waals surface area contributed by atoms with Gasteiger partial charge in [0.25, 0.3) is 5.91 Å². The summed E-state index contributed by atoms with van der Waals surface area (Å²) in [6.45, 7) is 0.645. The van der Waals surface area contributed by atoms with Crippen LogP contribution in [0.4, 0.5) is 0 Å². The van der Waals surface area contributed by atoms with Crippen LogP contribution in [0.15, 0.2) is 18.3 Å². The Hall–Kier alpha value is -1.56. The fourth-order valence-electron chi connectivity index (χ4n) is 1.76. The van der Waals surface area contributed by atoms with Crippen molar-refractivity contribution >= 4 is 23.6 Å². The van der Waals surface area contributed by atoms with Crippen LogP contribution in [0.25, 0.3) is 0 Å². The minimum absolute atomic E-state index is 0.0814. The number of carboxylic acid groups (broad SMARTS) is 1. The standard InChI is InChI=1S/C12H14N2O3S/c15-11(14-7-9-2-1-5-18-9)10-4-3-8(6-13-10)12(16)17/h3-4,6,9H,1-2,5,7H2,(H,14,15)(H,16,17). The maximum Gasteiger partial charge on any atom is 0.337 e. The first-order valence-corrected chi connectivity index (χ1v) is 6.81. The molecule has 6 heteroatoms. The van der Waals surface area contributed by atoms with Crippen LogP contribution in [0.5, 0.6) is 0 Å². The molecule has 0 aromatic carbocycles. The molecule has 18 heavy (non-hydrogen) atoms. The number of carboxylic acids is 1. The number of carbonyl (C=O) groups excluding carboxylic acids is 1. The third-order valence-electron chi connectivity index (χ3n) is 2.76. The number of aromatic carboxylic acids is 1. The summed E-state index contributed by atoms with van der Waals surface area (Å²) in [4.78, 5) is 26.2. The summed E-state index contributed by atoms with van der Waals surface area (Å²) in [5.74, 6) is -0.136. The van der Waals surface area contributed by atoms with Crippen molar-refractivity contribution in [3.05, 3.63) is 29.6 Å². The Kier molecular flexibility index (Phi) is 4.19. The first kappa shape index (κ1) is 12.9. The van der Waals surface area contributed by atoms with E-state index in [-0.39, 0.29) is 17.2 Å². The topological polar surface area (TPSA) is 79.3 Å². The van der Waals surface area contributed by atoms with Crippen molar-refractivity contribution in [1.29, 1.82) is 0 Å². The van der Waals surface area contributed by atoms with E-state index in [1.54, 1.807) is 0 Å². The molecule has 1 aromatic rings. The zero-order valence-electron chi connectivity index (χ0n) is 9.76.